The minimum atomic E-state index is -1.11. The van der Waals surface area contributed by atoms with E-state index in [0.29, 0.717) is 18.5 Å². The van der Waals surface area contributed by atoms with Crippen LogP contribution in [-0.2, 0) is 14.4 Å². The van der Waals surface area contributed by atoms with Gasteiger partial charge >= 0.3 is 5.97 Å². The Hall–Kier alpha value is -3.82. The number of hydrogen-bond acceptors (Lipinski definition) is 7. The summed E-state index contributed by atoms with van der Waals surface area (Å²) in [6.45, 7) is -0.123. The zero-order valence-electron chi connectivity index (χ0n) is 16.1. The Morgan fingerprint density at radius 3 is 2.43 bits per heavy atom. The van der Waals surface area contributed by atoms with E-state index in [1.165, 1.54) is 12.4 Å². The molecule has 1 heterocycles. The Kier molecular flexibility index (Phi) is 6.68. The van der Waals surface area contributed by atoms with Crippen LogP contribution in [0.25, 0.3) is 0 Å². The lowest BCUT2D eigenvalue weighted by Gasteiger charge is -2.34. The highest BCUT2D eigenvalue weighted by atomic mass is 16.4. The van der Waals surface area contributed by atoms with Crippen LogP contribution >= 0.6 is 0 Å². The molecule has 3 unspecified atom stereocenters. The second-order valence-electron chi connectivity index (χ2n) is 6.96. The number of nitrogens with zero attached hydrogens (tertiary/aromatic N) is 3. The second kappa shape index (κ2) is 9.59. The topological polar surface area (TPSA) is 160 Å². The molecular formula is C20H22N6O4. The first-order valence-corrected chi connectivity index (χ1v) is 9.42. The van der Waals surface area contributed by atoms with E-state index >= 15 is 0 Å². The van der Waals surface area contributed by atoms with Crippen molar-refractivity contribution in [3.63, 3.8) is 0 Å². The number of nitrogens with one attached hydrogen (secondary N) is 2. The first-order valence-electron chi connectivity index (χ1n) is 9.42. The highest BCUT2D eigenvalue weighted by Crippen LogP contribution is 2.35. The van der Waals surface area contributed by atoms with Gasteiger partial charge in [0.25, 0.3) is 0 Å². The molecule has 1 aromatic carbocycles. The maximum atomic E-state index is 12.5. The van der Waals surface area contributed by atoms with Crippen LogP contribution in [0, 0.1) is 11.8 Å². The number of nitrogens with two attached hydrogens (primary N) is 1. The van der Waals surface area contributed by atoms with Crippen LogP contribution in [0.5, 0.6) is 0 Å². The largest absolute Gasteiger partial charge is 0.481 e. The number of aliphatic carboxylic acids is 1. The third kappa shape index (κ3) is 4.96. The minimum Gasteiger partial charge on any atom is -0.481 e. The van der Waals surface area contributed by atoms with Gasteiger partial charge in [-0.05, 0) is 42.7 Å². The van der Waals surface area contributed by atoms with Gasteiger partial charge in [-0.25, -0.2) is 0 Å². The zero-order chi connectivity index (χ0) is 21.5. The number of aromatic nitrogens is 2. The summed E-state index contributed by atoms with van der Waals surface area (Å²) in [5.74, 6) is 1.44. The molecule has 3 rings (SSSR count). The summed E-state index contributed by atoms with van der Waals surface area (Å²) < 4.78 is 0. The third-order valence-electron chi connectivity index (χ3n) is 5.08. The molecule has 2 aromatic rings. The average molecular weight is 410 g/mol. The Balaban J connectivity index is 1.55. The second-order valence-corrected chi connectivity index (χ2v) is 6.96. The first-order chi connectivity index (χ1) is 14.5. The SMILES string of the molecule is NN=Cc1ccc(NC(=O)C2CCC2C(=O)NCC(C(=O)O)c2cccnn2)cc1. The van der Waals surface area contributed by atoms with E-state index in [0.717, 1.165) is 5.56 Å². The summed E-state index contributed by atoms with van der Waals surface area (Å²) in [5, 5.41) is 25.8. The highest BCUT2D eigenvalue weighted by Gasteiger charge is 2.41. The van der Waals surface area contributed by atoms with Crippen LogP contribution in [0.15, 0.2) is 47.7 Å². The molecule has 5 N–H and O–H groups in total. The van der Waals surface area contributed by atoms with Crippen LogP contribution in [-0.4, -0.2) is 45.8 Å². The van der Waals surface area contributed by atoms with Gasteiger partial charge in [0.05, 0.1) is 11.9 Å². The lowest BCUT2D eigenvalue weighted by atomic mass is 9.72. The third-order valence-corrected chi connectivity index (χ3v) is 5.08. The van der Waals surface area contributed by atoms with Gasteiger partial charge in [-0.2, -0.15) is 15.3 Å². The van der Waals surface area contributed by atoms with Crippen molar-refractivity contribution in [3.8, 4) is 0 Å². The molecule has 1 saturated carbocycles. The molecular weight excluding hydrogens is 388 g/mol. The first kappa shape index (κ1) is 20.9. The van der Waals surface area contributed by atoms with Crippen LogP contribution in [0.4, 0.5) is 5.69 Å². The van der Waals surface area contributed by atoms with Crippen LogP contribution < -0.4 is 16.5 Å². The van der Waals surface area contributed by atoms with Gasteiger partial charge in [0.15, 0.2) is 0 Å². The number of carbonyl (C=O) groups is 3. The van der Waals surface area contributed by atoms with E-state index in [1.54, 1.807) is 36.4 Å². The van der Waals surface area contributed by atoms with Crippen LogP contribution in [0.2, 0.25) is 0 Å². The predicted molar refractivity (Wildman–Crippen MR) is 108 cm³/mol. The molecule has 10 heteroatoms. The summed E-state index contributed by atoms with van der Waals surface area (Å²) in [6, 6.07) is 10.1. The van der Waals surface area contributed by atoms with Gasteiger partial charge in [0.1, 0.15) is 5.92 Å². The number of benzene rings is 1. The van der Waals surface area contributed by atoms with Crippen molar-refractivity contribution in [2.24, 2.45) is 22.8 Å². The van der Waals surface area contributed by atoms with Gasteiger partial charge in [0, 0.05) is 30.3 Å². The van der Waals surface area contributed by atoms with Crippen molar-refractivity contribution in [2.75, 3.05) is 11.9 Å². The van der Waals surface area contributed by atoms with E-state index < -0.39 is 23.7 Å². The molecule has 1 aromatic heterocycles. The number of carboxylic acids is 1. The standard InChI is InChI=1S/C20H22N6O4/c21-23-10-12-3-5-13(6-4-12)25-19(28)15-8-7-14(15)18(27)22-11-16(20(29)30)17-2-1-9-24-26-17/h1-6,9-10,14-16H,7-8,11,21H2,(H,22,27)(H,25,28)(H,29,30). The van der Waals surface area contributed by atoms with Crippen molar-refractivity contribution < 1.29 is 19.5 Å². The Morgan fingerprint density at radius 1 is 1.17 bits per heavy atom. The fraction of sp³-hybridized carbons (Fsp3) is 0.300. The summed E-state index contributed by atoms with van der Waals surface area (Å²) in [6.07, 6.45) is 4.09. The number of anilines is 1. The van der Waals surface area contributed by atoms with Crippen LogP contribution in [0.3, 0.4) is 0 Å². The van der Waals surface area contributed by atoms with Gasteiger partial charge < -0.3 is 21.6 Å². The molecule has 0 radical (unpaired) electrons. The molecule has 3 atom stereocenters. The molecule has 1 aliphatic rings. The van der Waals surface area contributed by atoms with E-state index in [9.17, 15) is 19.5 Å². The number of amides is 2. The summed E-state index contributed by atoms with van der Waals surface area (Å²) >= 11 is 0. The molecule has 0 bridgehead atoms. The molecule has 0 aliphatic heterocycles. The molecule has 30 heavy (non-hydrogen) atoms. The van der Waals surface area contributed by atoms with E-state index in [4.69, 9.17) is 5.84 Å². The molecule has 0 saturated heterocycles. The molecule has 1 aliphatic carbocycles. The lowest BCUT2D eigenvalue weighted by Crippen LogP contribution is -2.47. The van der Waals surface area contributed by atoms with Crippen molar-refractivity contribution >= 4 is 29.7 Å². The van der Waals surface area contributed by atoms with Gasteiger partial charge in [-0.1, -0.05) is 12.1 Å². The van der Waals surface area contributed by atoms with Crippen molar-refractivity contribution in [2.45, 2.75) is 18.8 Å². The number of rotatable bonds is 8. The monoisotopic (exact) mass is 410 g/mol. The van der Waals surface area contributed by atoms with Crippen LogP contribution in [0.1, 0.15) is 30.0 Å². The lowest BCUT2D eigenvalue weighted by molar-refractivity contribution is -0.140. The normalized spacial score (nSPS) is 18.9. The maximum Gasteiger partial charge on any atom is 0.314 e. The quantitative estimate of drug-likeness (QED) is 0.283. The van der Waals surface area contributed by atoms with Crippen molar-refractivity contribution in [3.05, 3.63) is 53.9 Å². The molecule has 0 spiro atoms. The molecule has 156 valence electrons. The van der Waals surface area contributed by atoms with Crippen molar-refractivity contribution in [1.29, 1.82) is 0 Å². The molecule has 2 amide bonds. The Morgan fingerprint density at radius 2 is 1.87 bits per heavy atom. The van der Waals surface area contributed by atoms with E-state index in [2.05, 4.69) is 25.9 Å². The summed E-state index contributed by atoms with van der Waals surface area (Å²) in [7, 11) is 0. The molecule has 1 fully saturated rings. The number of hydrogen-bond donors (Lipinski definition) is 4. The average Bonchev–Trinajstić information content (AvgIpc) is 2.69. The number of carboxylic acid groups (broad SMARTS) is 1. The van der Waals surface area contributed by atoms with E-state index in [1.807, 2.05) is 0 Å². The predicted octanol–water partition coefficient (Wildman–Crippen LogP) is 0.719. The maximum absolute atomic E-state index is 12.5. The minimum absolute atomic E-state index is 0.123. The fourth-order valence-electron chi connectivity index (χ4n) is 3.25. The summed E-state index contributed by atoms with van der Waals surface area (Å²) in [4.78, 5) is 36.6. The zero-order valence-corrected chi connectivity index (χ0v) is 16.1. The Labute approximate surface area is 172 Å². The number of hydrazone groups is 1. The molecule has 10 nitrogen and oxygen atoms in total. The Bertz CT molecular complexity index is 932. The highest BCUT2D eigenvalue weighted by molar-refractivity contribution is 5.97. The summed E-state index contributed by atoms with van der Waals surface area (Å²) in [5.41, 5.74) is 1.66. The van der Waals surface area contributed by atoms with Crippen molar-refractivity contribution in [1.82, 2.24) is 15.5 Å². The smallest absolute Gasteiger partial charge is 0.314 e. The van der Waals surface area contributed by atoms with Gasteiger partial charge in [0.2, 0.25) is 11.8 Å². The number of carbonyl (C=O) groups excluding carboxylic acids is 2. The van der Waals surface area contributed by atoms with E-state index in [-0.39, 0.29) is 24.1 Å². The van der Waals surface area contributed by atoms with Gasteiger partial charge in [-0.15, -0.1) is 0 Å². The fourth-order valence-corrected chi connectivity index (χ4v) is 3.25. The van der Waals surface area contributed by atoms with Gasteiger partial charge in [-0.3, -0.25) is 14.4 Å².